The van der Waals surface area contributed by atoms with Gasteiger partial charge in [-0.25, -0.2) is 0 Å². The molecule has 6 nitrogen and oxygen atoms in total. The lowest BCUT2D eigenvalue weighted by atomic mass is 10.2. The van der Waals surface area contributed by atoms with Crippen LogP contribution in [0, 0.1) is 0 Å². The van der Waals surface area contributed by atoms with E-state index >= 15 is 0 Å². The van der Waals surface area contributed by atoms with E-state index in [-0.39, 0.29) is 22.1 Å². The highest BCUT2D eigenvalue weighted by molar-refractivity contribution is 7.80. The number of hydrogen-bond acceptors (Lipinski definition) is 4. The molecule has 0 fully saturated rings. The predicted octanol–water partition coefficient (Wildman–Crippen LogP) is 5.26. The molecular weight excluding hydrogens is 381 g/mol. The molecule has 0 saturated heterocycles. The molecule has 2 aromatic carbocycles. The van der Waals surface area contributed by atoms with Crippen LogP contribution >= 0.6 is 12.2 Å². The Bertz CT molecular complexity index is 1020. The number of rotatable bonds is 3. The predicted molar refractivity (Wildman–Crippen MR) is 98.4 cm³/mol. The van der Waals surface area contributed by atoms with E-state index in [1.54, 1.807) is 31.3 Å². The zero-order chi connectivity index (χ0) is 19.6. The molecule has 0 unspecified atom stereocenters. The number of para-hydroxylation sites is 1. The Morgan fingerprint density at radius 3 is 2.56 bits per heavy atom. The van der Waals surface area contributed by atoms with Crippen molar-refractivity contribution in [3.63, 3.8) is 0 Å². The smallest absolute Gasteiger partial charge is 0.493 e. The fourth-order valence-corrected chi connectivity index (χ4v) is 2.61. The number of aryl methyl sites for hydroxylation is 1. The highest BCUT2D eigenvalue weighted by Gasteiger charge is 2.31. The standard InChI is InChI=1S/C17H13F3N4O2S/c1-24-13-8-7-11(26-17(18,19)20)9-12(13)14(15(24)25)22-23-16(27)21-10-5-3-2-4-6-10/h2-9,25H,1H3,(H,21,27). The number of aromatic hydroxyl groups is 1. The zero-order valence-electron chi connectivity index (χ0n) is 13.9. The first-order valence-corrected chi connectivity index (χ1v) is 8.00. The summed E-state index contributed by atoms with van der Waals surface area (Å²) < 4.78 is 42.6. The highest BCUT2D eigenvalue weighted by atomic mass is 32.1. The van der Waals surface area contributed by atoms with Gasteiger partial charge in [-0.15, -0.1) is 23.4 Å². The van der Waals surface area contributed by atoms with Gasteiger partial charge in [0.15, 0.2) is 5.69 Å². The minimum Gasteiger partial charge on any atom is -0.493 e. The Morgan fingerprint density at radius 2 is 1.89 bits per heavy atom. The second-order valence-corrected chi connectivity index (χ2v) is 5.84. The van der Waals surface area contributed by atoms with Gasteiger partial charge in [-0.3, -0.25) is 0 Å². The van der Waals surface area contributed by atoms with Crippen LogP contribution in [0.5, 0.6) is 11.6 Å². The van der Waals surface area contributed by atoms with Gasteiger partial charge in [0.1, 0.15) is 5.75 Å². The van der Waals surface area contributed by atoms with Crippen LogP contribution in [0.1, 0.15) is 0 Å². The summed E-state index contributed by atoms with van der Waals surface area (Å²) >= 11 is 5.07. The van der Waals surface area contributed by atoms with E-state index in [0.29, 0.717) is 11.2 Å². The Balaban J connectivity index is 1.91. The minimum atomic E-state index is -4.83. The third kappa shape index (κ3) is 4.34. The van der Waals surface area contributed by atoms with Crippen LogP contribution in [-0.4, -0.2) is 21.1 Å². The second-order valence-electron chi connectivity index (χ2n) is 5.45. The second kappa shape index (κ2) is 7.23. The van der Waals surface area contributed by atoms with Crippen molar-refractivity contribution in [2.75, 3.05) is 5.32 Å². The number of aromatic nitrogens is 1. The number of alkyl halides is 3. The molecule has 27 heavy (non-hydrogen) atoms. The van der Waals surface area contributed by atoms with Gasteiger partial charge in [-0.1, -0.05) is 18.2 Å². The number of anilines is 1. The lowest BCUT2D eigenvalue weighted by Crippen LogP contribution is -2.16. The topological polar surface area (TPSA) is 71.1 Å². The van der Waals surface area contributed by atoms with Gasteiger partial charge >= 0.3 is 6.36 Å². The summed E-state index contributed by atoms with van der Waals surface area (Å²) in [6.45, 7) is 0. The molecule has 0 amide bonds. The Kier molecular flexibility index (Phi) is 5.00. The average molecular weight is 394 g/mol. The van der Waals surface area contributed by atoms with Crippen molar-refractivity contribution in [2.45, 2.75) is 6.36 Å². The van der Waals surface area contributed by atoms with Crippen LogP contribution in [0.3, 0.4) is 0 Å². The van der Waals surface area contributed by atoms with Crippen molar-refractivity contribution in [3.8, 4) is 11.6 Å². The highest BCUT2D eigenvalue weighted by Crippen LogP contribution is 2.40. The molecule has 1 heterocycles. The quantitative estimate of drug-likeness (QED) is 0.469. The van der Waals surface area contributed by atoms with Crippen LogP contribution in [0.25, 0.3) is 10.9 Å². The number of nitrogens with zero attached hydrogens (tertiary/aromatic N) is 3. The van der Waals surface area contributed by atoms with Gasteiger partial charge < -0.3 is 19.7 Å². The monoisotopic (exact) mass is 394 g/mol. The molecule has 140 valence electrons. The summed E-state index contributed by atoms with van der Waals surface area (Å²) in [6, 6.07) is 12.7. The Labute approximate surface area is 156 Å². The van der Waals surface area contributed by atoms with Crippen LogP contribution in [0.2, 0.25) is 0 Å². The third-order valence-corrected chi connectivity index (χ3v) is 3.80. The summed E-state index contributed by atoms with van der Waals surface area (Å²) in [5, 5.41) is 21.1. The molecule has 2 N–H and O–H groups in total. The van der Waals surface area contributed by atoms with Crippen molar-refractivity contribution in [1.82, 2.24) is 4.57 Å². The van der Waals surface area contributed by atoms with Gasteiger partial charge in [-0.2, -0.15) is 0 Å². The van der Waals surface area contributed by atoms with E-state index in [9.17, 15) is 18.3 Å². The lowest BCUT2D eigenvalue weighted by molar-refractivity contribution is -0.274. The van der Waals surface area contributed by atoms with Gasteiger partial charge in [0.25, 0.3) is 0 Å². The van der Waals surface area contributed by atoms with Crippen LogP contribution in [-0.2, 0) is 7.05 Å². The molecule has 10 heteroatoms. The molecule has 0 saturated carbocycles. The maximum Gasteiger partial charge on any atom is 0.573 e. The van der Waals surface area contributed by atoms with Crippen LogP contribution < -0.4 is 10.1 Å². The number of fused-ring (bicyclic) bond motifs is 1. The molecular formula is C17H13F3N4O2S. The third-order valence-electron chi connectivity index (χ3n) is 3.61. The molecule has 0 aliphatic heterocycles. The number of thiocarbonyl (C=S) groups is 1. The van der Waals surface area contributed by atoms with E-state index in [1.807, 2.05) is 6.07 Å². The van der Waals surface area contributed by atoms with Crippen molar-refractivity contribution in [3.05, 3.63) is 48.5 Å². The van der Waals surface area contributed by atoms with Gasteiger partial charge in [-0.05, 0) is 42.5 Å². The van der Waals surface area contributed by atoms with Gasteiger partial charge in [0.05, 0.1) is 5.52 Å². The maximum absolute atomic E-state index is 12.4. The maximum atomic E-state index is 12.4. The first-order valence-electron chi connectivity index (χ1n) is 7.59. The van der Waals surface area contributed by atoms with Crippen molar-refractivity contribution >= 4 is 39.6 Å². The number of hydrogen-bond donors (Lipinski definition) is 2. The minimum absolute atomic E-state index is 0.0164. The van der Waals surface area contributed by atoms with E-state index in [0.717, 1.165) is 12.1 Å². The molecule has 3 aromatic rings. The Morgan fingerprint density at radius 1 is 1.19 bits per heavy atom. The summed E-state index contributed by atoms with van der Waals surface area (Å²) in [7, 11) is 1.54. The number of halogens is 3. The fraction of sp³-hybridized carbons (Fsp3) is 0.118. The first-order chi connectivity index (χ1) is 12.7. The van der Waals surface area contributed by atoms with E-state index in [1.165, 1.54) is 10.6 Å². The number of nitrogens with one attached hydrogen (secondary N) is 1. The molecule has 0 atom stereocenters. The summed E-state index contributed by atoms with van der Waals surface area (Å²) in [6.07, 6.45) is -4.83. The van der Waals surface area contributed by atoms with Crippen molar-refractivity contribution < 1.29 is 23.0 Å². The van der Waals surface area contributed by atoms with E-state index in [2.05, 4.69) is 20.3 Å². The van der Waals surface area contributed by atoms with Crippen molar-refractivity contribution in [1.29, 1.82) is 0 Å². The van der Waals surface area contributed by atoms with Gasteiger partial charge in [0.2, 0.25) is 11.0 Å². The largest absolute Gasteiger partial charge is 0.573 e. The summed E-state index contributed by atoms with van der Waals surface area (Å²) in [4.78, 5) is 0. The number of benzene rings is 2. The molecule has 0 spiro atoms. The SMILES string of the molecule is Cn1c(O)c(N=NC(=S)Nc2ccccc2)c2cc(OC(F)(F)F)ccc21. The summed E-state index contributed by atoms with van der Waals surface area (Å²) in [5.74, 6) is -0.692. The van der Waals surface area contributed by atoms with Crippen molar-refractivity contribution in [2.24, 2.45) is 17.3 Å². The van der Waals surface area contributed by atoms with E-state index < -0.39 is 12.1 Å². The van der Waals surface area contributed by atoms with E-state index in [4.69, 9.17) is 12.2 Å². The average Bonchev–Trinajstić information content (AvgIpc) is 2.83. The van der Waals surface area contributed by atoms with Crippen LogP contribution in [0.15, 0.2) is 58.8 Å². The van der Waals surface area contributed by atoms with Crippen LogP contribution in [0.4, 0.5) is 24.5 Å². The summed E-state index contributed by atoms with van der Waals surface area (Å²) in [5.41, 5.74) is 1.14. The lowest BCUT2D eigenvalue weighted by Gasteiger charge is -2.08. The zero-order valence-corrected chi connectivity index (χ0v) is 14.7. The molecule has 0 aliphatic rings. The molecule has 0 aliphatic carbocycles. The first kappa shape index (κ1) is 18.6. The normalized spacial score (nSPS) is 11.9. The molecule has 0 radical (unpaired) electrons. The number of azo groups is 1. The number of ether oxygens (including phenoxy) is 1. The fourth-order valence-electron chi connectivity index (χ4n) is 2.45. The molecule has 3 rings (SSSR count). The molecule has 0 bridgehead atoms. The molecule has 1 aromatic heterocycles. The Hall–Kier alpha value is -3.14. The van der Waals surface area contributed by atoms with Gasteiger partial charge in [0, 0.05) is 18.1 Å².